The number of hydrogen-bond acceptors (Lipinski definition) is 5. The van der Waals surface area contributed by atoms with Crippen LogP contribution < -0.4 is 9.46 Å². The normalized spacial score (nSPS) is 16.5. The Balaban J connectivity index is 1.44. The SMILES string of the molecule is C=CC(F)(F)c1cccc(Sc2ccc(S(=O)(=O)Nc3ccc(Cl)c(O[C@@H]4CCN(C(C)C)C4)c3)cc2)c1. The number of anilines is 1. The summed E-state index contributed by atoms with van der Waals surface area (Å²) in [5.74, 6) is -2.70. The number of nitrogens with zero attached hydrogens (tertiary/aromatic N) is 1. The molecule has 0 radical (unpaired) electrons. The first-order chi connectivity index (χ1) is 18.0. The van der Waals surface area contributed by atoms with E-state index < -0.39 is 15.9 Å². The topological polar surface area (TPSA) is 58.6 Å². The van der Waals surface area contributed by atoms with Gasteiger partial charge < -0.3 is 4.74 Å². The molecule has 0 bridgehead atoms. The van der Waals surface area contributed by atoms with E-state index in [1.54, 1.807) is 42.5 Å². The molecule has 38 heavy (non-hydrogen) atoms. The Morgan fingerprint density at radius 3 is 2.53 bits per heavy atom. The molecular weight excluding hydrogens is 550 g/mol. The molecule has 1 saturated heterocycles. The van der Waals surface area contributed by atoms with Crippen LogP contribution in [0.4, 0.5) is 14.5 Å². The maximum Gasteiger partial charge on any atom is 0.291 e. The highest BCUT2D eigenvalue weighted by Crippen LogP contribution is 2.35. The van der Waals surface area contributed by atoms with Gasteiger partial charge in [-0.05, 0) is 74.9 Å². The van der Waals surface area contributed by atoms with Crippen LogP contribution in [-0.4, -0.2) is 38.6 Å². The molecule has 0 spiro atoms. The second-order valence-corrected chi connectivity index (χ2v) is 12.5. The van der Waals surface area contributed by atoms with E-state index in [1.165, 1.54) is 36.0 Å². The molecule has 3 aromatic rings. The fourth-order valence-electron chi connectivity index (χ4n) is 4.08. The lowest BCUT2D eigenvalue weighted by Gasteiger charge is -2.21. The van der Waals surface area contributed by atoms with Crippen molar-refractivity contribution in [2.24, 2.45) is 0 Å². The fourth-order valence-corrected chi connectivity index (χ4v) is 6.17. The van der Waals surface area contributed by atoms with E-state index in [2.05, 4.69) is 30.0 Å². The summed E-state index contributed by atoms with van der Waals surface area (Å²) in [5, 5.41) is 0.409. The molecule has 202 valence electrons. The number of hydrogen-bond donors (Lipinski definition) is 1. The van der Waals surface area contributed by atoms with E-state index in [0.29, 0.717) is 38.4 Å². The van der Waals surface area contributed by atoms with Crippen molar-refractivity contribution in [2.45, 2.75) is 53.0 Å². The monoisotopic (exact) mass is 578 g/mol. The summed E-state index contributed by atoms with van der Waals surface area (Å²) in [4.78, 5) is 3.69. The Morgan fingerprint density at radius 1 is 1.13 bits per heavy atom. The van der Waals surface area contributed by atoms with Crippen molar-refractivity contribution in [3.8, 4) is 5.75 Å². The first kappa shape index (κ1) is 28.4. The van der Waals surface area contributed by atoms with Gasteiger partial charge in [0.1, 0.15) is 11.9 Å². The van der Waals surface area contributed by atoms with Crippen molar-refractivity contribution in [3.63, 3.8) is 0 Å². The maximum atomic E-state index is 13.9. The predicted molar refractivity (Wildman–Crippen MR) is 149 cm³/mol. The van der Waals surface area contributed by atoms with Gasteiger partial charge >= 0.3 is 0 Å². The molecule has 10 heteroatoms. The van der Waals surface area contributed by atoms with E-state index in [0.717, 1.165) is 19.5 Å². The first-order valence-electron chi connectivity index (χ1n) is 12.1. The predicted octanol–water partition coefficient (Wildman–Crippen LogP) is 7.43. The van der Waals surface area contributed by atoms with E-state index in [4.69, 9.17) is 16.3 Å². The van der Waals surface area contributed by atoms with Crippen molar-refractivity contribution < 1.29 is 21.9 Å². The summed E-state index contributed by atoms with van der Waals surface area (Å²) < 4.78 is 62.6. The molecule has 1 aliphatic rings. The summed E-state index contributed by atoms with van der Waals surface area (Å²) in [6.45, 7) is 9.19. The number of alkyl halides is 2. The van der Waals surface area contributed by atoms with Crippen molar-refractivity contribution in [2.75, 3.05) is 17.8 Å². The van der Waals surface area contributed by atoms with Crippen LogP contribution in [0, 0.1) is 0 Å². The van der Waals surface area contributed by atoms with Gasteiger partial charge in [-0.1, -0.05) is 42.1 Å². The smallest absolute Gasteiger partial charge is 0.291 e. The number of sulfonamides is 1. The molecule has 5 nitrogen and oxygen atoms in total. The molecular formula is C28H29ClF2N2O3S2. The molecule has 0 aliphatic carbocycles. The van der Waals surface area contributed by atoms with Gasteiger partial charge in [0, 0.05) is 40.6 Å². The first-order valence-corrected chi connectivity index (χ1v) is 14.8. The van der Waals surface area contributed by atoms with Crippen LogP contribution in [0.25, 0.3) is 0 Å². The van der Waals surface area contributed by atoms with Crippen LogP contribution in [0.5, 0.6) is 5.75 Å². The molecule has 1 fully saturated rings. The van der Waals surface area contributed by atoms with Crippen molar-refractivity contribution >= 4 is 39.1 Å². The second-order valence-electron chi connectivity index (χ2n) is 9.30. The van der Waals surface area contributed by atoms with E-state index >= 15 is 0 Å². The Bertz CT molecular complexity index is 1400. The van der Waals surface area contributed by atoms with Gasteiger partial charge in [0.25, 0.3) is 15.9 Å². The van der Waals surface area contributed by atoms with Crippen LogP contribution in [0.15, 0.2) is 94.1 Å². The van der Waals surface area contributed by atoms with E-state index in [9.17, 15) is 17.2 Å². The number of halogens is 3. The average Bonchev–Trinajstić information content (AvgIpc) is 3.35. The average molecular weight is 579 g/mol. The number of ether oxygens (including phenoxy) is 1. The van der Waals surface area contributed by atoms with Gasteiger partial charge in [0.05, 0.1) is 15.6 Å². The number of allylic oxidation sites excluding steroid dienone is 1. The van der Waals surface area contributed by atoms with Crippen LogP contribution >= 0.6 is 23.4 Å². The van der Waals surface area contributed by atoms with Crippen LogP contribution in [0.1, 0.15) is 25.8 Å². The molecule has 0 unspecified atom stereocenters. The highest BCUT2D eigenvalue weighted by atomic mass is 35.5. The van der Waals surface area contributed by atoms with Crippen LogP contribution in [-0.2, 0) is 15.9 Å². The third-order valence-electron chi connectivity index (χ3n) is 6.23. The highest BCUT2D eigenvalue weighted by molar-refractivity contribution is 7.99. The van der Waals surface area contributed by atoms with Crippen LogP contribution in [0.2, 0.25) is 5.02 Å². The molecule has 1 N–H and O–H groups in total. The minimum absolute atomic E-state index is 0.0181. The maximum absolute atomic E-state index is 13.9. The number of benzene rings is 3. The van der Waals surface area contributed by atoms with Gasteiger partial charge in [0.15, 0.2) is 0 Å². The molecule has 1 aliphatic heterocycles. The zero-order chi connectivity index (χ0) is 27.5. The Morgan fingerprint density at radius 2 is 1.87 bits per heavy atom. The lowest BCUT2D eigenvalue weighted by Crippen LogP contribution is -2.30. The zero-order valence-electron chi connectivity index (χ0n) is 21.0. The van der Waals surface area contributed by atoms with Gasteiger partial charge in [-0.15, -0.1) is 0 Å². The molecule has 4 rings (SSSR count). The fraction of sp³-hybridized carbons (Fsp3) is 0.286. The molecule has 0 saturated carbocycles. The number of nitrogens with one attached hydrogen (secondary N) is 1. The highest BCUT2D eigenvalue weighted by Gasteiger charge is 2.28. The Labute approximate surface area is 231 Å². The summed E-state index contributed by atoms with van der Waals surface area (Å²) in [6.07, 6.45) is 1.46. The second kappa shape index (κ2) is 11.7. The minimum atomic E-state index is -3.89. The van der Waals surface area contributed by atoms with E-state index in [1.807, 2.05) is 0 Å². The van der Waals surface area contributed by atoms with Crippen molar-refractivity contribution in [1.29, 1.82) is 0 Å². The Kier molecular flexibility index (Phi) is 8.72. The molecule has 0 aromatic heterocycles. The summed E-state index contributed by atoms with van der Waals surface area (Å²) in [5.41, 5.74) is 0.180. The zero-order valence-corrected chi connectivity index (χ0v) is 23.4. The third-order valence-corrected chi connectivity index (χ3v) is 8.94. The van der Waals surface area contributed by atoms with Crippen LogP contribution in [0.3, 0.4) is 0 Å². The summed E-state index contributed by atoms with van der Waals surface area (Å²) >= 11 is 7.58. The Hall–Kier alpha value is -2.59. The molecule has 0 amide bonds. The van der Waals surface area contributed by atoms with Crippen molar-refractivity contribution in [3.05, 3.63) is 90.0 Å². The van der Waals surface area contributed by atoms with E-state index in [-0.39, 0.29) is 16.6 Å². The minimum Gasteiger partial charge on any atom is -0.487 e. The number of likely N-dealkylation sites (tertiary alicyclic amines) is 1. The van der Waals surface area contributed by atoms with Gasteiger partial charge in [0.2, 0.25) is 0 Å². The van der Waals surface area contributed by atoms with Crippen molar-refractivity contribution in [1.82, 2.24) is 4.90 Å². The number of rotatable bonds is 10. The quantitative estimate of drug-likeness (QED) is 0.254. The molecule has 3 aromatic carbocycles. The standard InChI is InChI=1S/C28H29ClF2N2O3S2/c1-4-28(30,31)20-6-5-7-24(16-20)37-23-9-11-25(12-10-23)38(34,35)32-21-8-13-26(29)27(17-21)36-22-14-15-33(18-22)19(2)3/h4-13,16-17,19,22,32H,1,14-15,18H2,2-3H3/t22-/m1/s1. The summed E-state index contributed by atoms with van der Waals surface area (Å²) in [7, 11) is -3.89. The largest absolute Gasteiger partial charge is 0.487 e. The van der Waals surface area contributed by atoms with Gasteiger partial charge in [-0.25, -0.2) is 8.42 Å². The summed E-state index contributed by atoms with van der Waals surface area (Å²) in [6, 6.07) is 17.4. The molecule has 1 heterocycles. The molecule has 1 atom stereocenters. The lowest BCUT2D eigenvalue weighted by molar-refractivity contribution is 0.0523. The van der Waals surface area contributed by atoms with Gasteiger partial charge in [-0.3, -0.25) is 9.62 Å². The lowest BCUT2D eigenvalue weighted by atomic mass is 10.1. The van der Waals surface area contributed by atoms with Gasteiger partial charge in [-0.2, -0.15) is 8.78 Å². The third kappa shape index (κ3) is 6.88.